The Morgan fingerprint density at radius 2 is 2.04 bits per heavy atom. The Balaban J connectivity index is 2.01. The first-order valence-corrected chi connectivity index (χ1v) is 7.38. The number of ether oxygens (including phenoxy) is 1. The number of likely N-dealkylation sites (N-methyl/N-ethyl adjacent to an activating group) is 1. The monoisotopic (exact) mass is 314 g/mol. The van der Waals surface area contributed by atoms with Crippen molar-refractivity contribution in [2.45, 2.75) is 0 Å². The Hall–Kier alpha value is -2.60. The molecule has 0 aliphatic rings. The molecule has 1 aromatic heterocycles. The number of carbonyl (C=O) groups is 1. The summed E-state index contributed by atoms with van der Waals surface area (Å²) in [6.45, 7) is 1.71. The number of methoxy groups -OCH3 is 1. The number of nitrogens with one attached hydrogen (secondary N) is 2. The summed E-state index contributed by atoms with van der Waals surface area (Å²) in [6, 6.07) is 10.8. The second-order valence-corrected chi connectivity index (χ2v) is 5.35. The Morgan fingerprint density at radius 3 is 2.78 bits per heavy atom. The first kappa shape index (κ1) is 16.8. The van der Waals surface area contributed by atoms with Crippen LogP contribution in [-0.2, 0) is 0 Å². The molecule has 0 saturated heterocycles. The van der Waals surface area contributed by atoms with Crippen molar-refractivity contribution in [1.82, 2.24) is 9.88 Å². The summed E-state index contributed by atoms with van der Waals surface area (Å²) in [6.07, 6.45) is 1.62. The molecule has 1 amide bonds. The third kappa shape index (κ3) is 5.27. The Morgan fingerprint density at radius 1 is 1.22 bits per heavy atom. The van der Waals surface area contributed by atoms with Crippen molar-refractivity contribution in [2.75, 3.05) is 44.9 Å². The Kier molecular flexibility index (Phi) is 5.94. The summed E-state index contributed by atoms with van der Waals surface area (Å²) >= 11 is 0. The van der Waals surface area contributed by atoms with Crippen molar-refractivity contribution in [3.05, 3.63) is 48.3 Å². The average molecular weight is 314 g/mol. The summed E-state index contributed by atoms with van der Waals surface area (Å²) in [5.74, 6) is 0.435. The van der Waals surface area contributed by atoms with Gasteiger partial charge in [-0.15, -0.1) is 0 Å². The third-order valence-electron chi connectivity index (χ3n) is 3.21. The number of hydrogen-bond acceptors (Lipinski definition) is 5. The fourth-order valence-electron chi connectivity index (χ4n) is 1.98. The molecule has 0 atom stereocenters. The predicted molar refractivity (Wildman–Crippen MR) is 92.2 cm³/mol. The minimum Gasteiger partial charge on any atom is -0.497 e. The molecule has 23 heavy (non-hydrogen) atoms. The second kappa shape index (κ2) is 8.14. The van der Waals surface area contributed by atoms with Crippen LogP contribution in [-0.4, -0.2) is 50.1 Å². The number of hydrogen-bond donors (Lipinski definition) is 2. The molecule has 0 spiro atoms. The van der Waals surface area contributed by atoms with E-state index in [0.717, 1.165) is 18.8 Å². The largest absolute Gasteiger partial charge is 0.497 e. The average Bonchev–Trinajstić information content (AvgIpc) is 2.55. The van der Waals surface area contributed by atoms with Crippen molar-refractivity contribution in [2.24, 2.45) is 0 Å². The fourth-order valence-corrected chi connectivity index (χ4v) is 1.98. The molecule has 6 nitrogen and oxygen atoms in total. The summed E-state index contributed by atoms with van der Waals surface area (Å²) in [7, 11) is 5.62. The zero-order valence-corrected chi connectivity index (χ0v) is 13.7. The molecular weight excluding hydrogens is 292 g/mol. The summed E-state index contributed by atoms with van der Waals surface area (Å²) in [5, 5.41) is 6.09. The zero-order valence-electron chi connectivity index (χ0n) is 13.7. The van der Waals surface area contributed by atoms with Crippen LogP contribution in [0.15, 0.2) is 42.6 Å². The number of benzene rings is 1. The smallest absolute Gasteiger partial charge is 0.274 e. The van der Waals surface area contributed by atoms with Crippen molar-refractivity contribution in [3.63, 3.8) is 0 Å². The van der Waals surface area contributed by atoms with Gasteiger partial charge in [-0.05, 0) is 38.4 Å². The first-order chi connectivity index (χ1) is 11.1. The standard InChI is InChI=1S/C17H22N4O2/c1-21(2)10-9-18-13-7-8-19-16(12-13)17(22)20-14-5-4-6-15(11-14)23-3/h4-8,11-12H,9-10H2,1-3H3,(H,18,19)(H,20,22). The predicted octanol–water partition coefficient (Wildman–Crippen LogP) is 2.32. The lowest BCUT2D eigenvalue weighted by atomic mass is 10.2. The topological polar surface area (TPSA) is 66.5 Å². The van der Waals surface area contributed by atoms with E-state index < -0.39 is 0 Å². The van der Waals surface area contributed by atoms with Gasteiger partial charge in [0.15, 0.2) is 0 Å². The molecule has 0 bridgehead atoms. The van der Waals surface area contributed by atoms with Gasteiger partial charge in [0.2, 0.25) is 0 Å². The molecule has 122 valence electrons. The van der Waals surface area contributed by atoms with Crippen molar-refractivity contribution in [3.8, 4) is 5.75 Å². The number of amides is 1. The second-order valence-electron chi connectivity index (χ2n) is 5.35. The van der Waals surface area contributed by atoms with E-state index in [0.29, 0.717) is 17.1 Å². The third-order valence-corrected chi connectivity index (χ3v) is 3.21. The lowest BCUT2D eigenvalue weighted by Crippen LogP contribution is -2.21. The molecular formula is C17H22N4O2. The van der Waals surface area contributed by atoms with Crippen LogP contribution in [0.5, 0.6) is 5.75 Å². The van der Waals surface area contributed by atoms with E-state index >= 15 is 0 Å². The van der Waals surface area contributed by atoms with E-state index in [1.165, 1.54) is 0 Å². The maximum Gasteiger partial charge on any atom is 0.274 e. The fraction of sp³-hybridized carbons (Fsp3) is 0.294. The molecule has 1 heterocycles. The van der Waals surface area contributed by atoms with Crippen LogP contribution >= 0.6 is 0 Å². The maximum absolute atomic E-state index is 12.3. The molecule has 0 saturated carbocycles. The van der Waals surface area contributed by atoms with E-state index in [-0.39, 0.29) is 5.91 Å². The van der Waals surface area contributed by atoms with Gasteiger partial charge >= 0.3 is 0 Å². The molecule has 0 radical (unpaired) electrons. The van der Waals surface area contributed by atoms with Crippen molar-refractivity contribution >= 4 is 17.3 Å². The Bertz CT molecular complexity index is 659. The molecule has 0 aliphatic heterocycles. The zero-order chi connectivity index (χ0) is 16.7. The van der Waals surface area contributed by atoms with Gasteiger partial charge in [0.05, 0.1) is 7.11 Å². The lowest BCUT2D eigenvalue weighted by molar-refractivity contribution is 0.102. The molecule has 0 unspecified atom stereocenters. The SMILES string of the molecule is COc1cccc(NC(=O)c2cc(NCCN(C)C)ccn2)c1. The van der Waals surface area contributed by atoms with E-state index in [1.54, 1.807) is 31.5 Å². The van der Waals surface area contributed by atoms with E-state index in [9.17, 15) is 4.79 Å². The van der Waals surface area contributed by atoms with Gasteiger partial charge in [-0.25, -0.2) is 0 Å². The van der Waals surface area contributed by atoms with Crippen molar-refractivity contribution in [1.29, 1.82) is 0 Å². The van der Waals surface area contributed by atoms with Gasteiger partial charge < -0.3 is 20.3 Å². The Labute approximate surface area is 136 Å². The highest BCUT2D eigenvalue weighted by Crippen LogP contribution is 2.17. The summed E-state index contributed by atoms with van der Waals surface area (Å²) in [5.41, 5.74) is 1.91. The van der Waals surface area contributed by atoms with Crippen LogP contribution in [0.4, 0.5) is 11.4 Å². The van der Waals surface area contributed by atoms with Crippen LogP contribution in [0.3, 0.4) is 0 Å². The molecule has 6 heteroatoms. The first-order valence-electron chi connectivity index (χ1n) is 7.38. The van der Waals surface area contributed by atoms with Crippen LogP contribution in [0.1, 0.15) is 10.5 Å². The molecule has 0 aliphatic carbocycles. The van der Waals surface area contributed by atoms with Gasteiger partial charge in [0, 0.05) is 36.7 Å². The van der Waals surface area contributed by atoms with E-state index in [1.807, 2.05) is 32.3 Å². The quantitative estimate of drug-likeness (QED) is 0.821. The number of pyridine rings is 1. The van der Waals surface area contributed by atoms with Crippen LogP contribution < -0.4 is 15.4 Å². The highest BCUT2D eigenvalue weighted by molar-refractivity contribution is 6.03. The van der Waals surface area contributed by atoms with Crippen LogP contribution in [0.2, 0.25) is 0 Å². The molecule has 2 aromatic rings. The minimum absolute atomic E-state index is 0.255. The van der Waals surface area contributed by atoms with Gasteiger partial charge in [-0.1, -0.05) is 6.07 Å². The summed E-state index contributed by atoms with van der Waals surface area (Å²) < 4.78 is 5.14. The number of anilines is 2. The van der Waals surface area contributed by atoms with Gasteiger partial charge in [0.25, 0.3) is 5.91 Å². The number of nitrogens with zero attached hydrogens (tertiary/aromatic N) is 2. The highest BCUT2D eigenvalue weighted by Gasteiger charge is 2.09. The van der Waals surface area contributed by atoms with Gasteiger partial charge in [-0.2, -0.15) is 0 Å². The normalized spacial score (nSPS) is 10.4. The summed E-state index contributed by atoms with van der Waals surface area (Å²) in [4.78, 5) is 18.5. The molecule has 0 fully saturated rings. The van der Waals surface area contributed by atoms with Gasteiger partial charge in [-0.3, -0.25) is 9.78 Å². The van der Waals surface area contributed by atoms with E-state index in [4.69, 9.17) is 4.74 Å². The maximum atomic E-state index is 12.3. The highest BCUT2D eigenvalue weighted by atomic mass is 16.5. The number of rotatable bonds is 7. The molecule has 2 N–H and O–H groups in total. The molecule has 1 aromatic carbocycles. The lowest BCUT2D eigenvalue weighted by Gasteiger charge is -2.12. The van der Waals surface area contributed by atoms with Crippen LogP contribution in [0.25, 0.3) is 0 Å². The number of aromatic nitrogens is 1. The number of carbonyl (C=O) groups excluding carboxylic acids is 1. The van der Waals surface area contributed by atoms with E-state index in [2.05, 4.69) is 20.5 Å². The minimum atomic E-state index is -0.255. The van der Waals surface area contributed by atoms with Gasteiger partial charge in [0.1, 0.15) is 11.4 Å². The molecule has 2 rings (SSSR count). The van der Waals surface area contributed by atoms with Crippen molar-refractivity contribution < 1.29 is 9.53 Å². The van der Waals surface area contributed by atoms with Crippen LogP contribution in [0, 0.1) is 0 Å².